The molecule has 2 bridgehead atoms. The molecule has 0 aromatic rings. The Balaban J connectivity index is 1.70. The lowest BCUT2D eigenvalue weighted by Gasteiger charge is -2.42. The first-order chi connectivity index (χ1) is 30.7. The standard InChI is InChI=1S/C52H81NO12/c1-31-17-13-12-14-18-32(2)44(62-10)29-40-23-21-38(8)52(60,65-40)49(57)50(58)53-24-16-15-19-41(53)51(59)64-45(35(5)27-39-22-20-33(3)43(28-39)61-9)30-42(54)34(4)26-37(7)47(56)48(63-11)46(55)36(6)25-31/h12-14,17-18,26,31,33-36,38-41,43-45,47-48,56,60H,15-16,19-25,27-30H2,1-11H3/b14-12?,17-13+,32-18?,37-26+/t31-,33?,34-,35-,36-,38-,39+,40?,41?,43-,44+,45+,47-,48+,52-/m1/s1. The van der Waals surface area contributed by atoms with Gasteiger partial charge in [-0.15, -0.1) is 0 Å². The van der Waals surface area contributed by atoms with Gasteiger partial charge < -0.3 is 38.8 Å². The second-order valence-corrected chi connectivity index (χ2v) is 20.0. The van der Waals surface area contributed by atoms with Gasteiger partial charge in [-0.1, -0.05) is 78.0 Å². The molecule has 0 radical (unpaired) electrons. The fourth-order valence-corrected chi connectivity index (χ4v) is 10.4. The number of aliphatic hydroxyl groups excluding tert-OH is 1. The van der Waals surface area contributed by atoms with Gasteiger partial charge in [0.05, 0.1) is 18.3 Å². The molecule has 2 saturated heterocycles. The molecule has 366 valence electrons. The molecule has 13 nitrogen and oxygen atoms in total. The Morgan fingerprint density at radius 2 is 1.57 bits per heavy atom. The molecule has 3 unspecified atom stereocenters. The number of allylic oxidation sites excluding steroid dienone is 6. The highest BCUT2D eigenvalue weighted by Crippen LogP contribution is 2.38. The Morgan fingerprint density at radius 3 is 2.25 bits per heavy atom. The van der Waals surface area contributed by atoms with E-state index < -0.39 is 77.8 Å². The molecule has 0 aromatic carbocycles. The SMILES string of the molecule is CO[C@H]1CC2CC[C@@H](C)[C@@](O)(O2)C(=O)C(=O)N2CCCCC2C(=O)O[C@H]([C@H](C)C[C@@H]2CCC(C)[C@H](OC)C2)CC(=O)[C@H](C)/C=C(\C)[C@@H](O)[C@@H](OC)C(=O)[C@H](C)C[C@H](C)/C=C/C=CC=C1C. The summed E-state index contributed by atoms with van der Waals surface area (Å²) < 4.78 is 29.7. The minimum Gasteiger partial charge on any atom is -0.460 e. The molecule has 0 spiro atoms. The predicted octanol–water partition coefficient (Wildman–Crippen LogP) is 7.46. The number of hydrogen-bond acceptors (Lipinski definition) is 12. The molecular weight excluding hydrogens is 831 g/mol. The first-order valence-corrected chi connectivity index (χ1v) is 24.2. The molecule has 1 amide bonds. The number of esters is 1. The maximum Gasteiger partial charge on any atom is 0.329 e. The summed E-state index contributed by atoms with van der Waals surface area (Å²) in [5, 5.41) is 23.4. The lowest BCUT2D eigenvalue weighted by atomic mass is 9.76. The zero-order chi connectivity index (χ0) is 48.2. The number of amides is 1. The number of Topliss-reactive ketones (excluding diaryl/α,β-unsaturated/α-hetero) is 3. The minimum atomic E-state index is -2.41. The van der Waals surface area contributed by atoms with Crippen molar-refractivity contribution in [2.75, 3.05) is 27.9 Å². The van der Waals surface area contributed by atoms with Crippen LogP contribution in [0, 0.1) is 41.4 Å². The third kappa shape index (κ3) is 14.3. The van der Waals surface area contributed by atoms with Crippen LogP contribution in [0.2, 0.25) is 0 Å². The Bertz CT molecular complexity index is 1750. The van der Waals surface area contributed by atoms with E-state index in [9.17, 15) is 34.2 Å². The first-order valence-electron chi connectivity index (χ1n) is 24.2. The van der Waals surface area contributed by atoms with E-state index in [4.69, 9.17) is 23.7 Å². The quantitative estimate of drug-likeness (QED) is 0.153. The average Bonchev–Trinajstić information content (AvgIpc) is 3.28. The van der Waals surface area contributed by atoms with Crippen LogP contribution in [0.5, 0.6) is 0 Å². The average molecular weight is 912 g/mol. The Morgan fingerprint density at radius 1 is 0.846 bits per heavy atom. The lowest BCUT2D eigenvalue weighted by Crippen LogP contribution is -2.61. The molecule has 1 aliphatic carbocycles. The van der Waals surface area contributed by atoms with Crippen molar-refractivity contribution in [2.45, 2.75) is 181 Å². The molecule has 4 rings (SSSR count). The largest absolute Gasteiger partial charge is 0.460 e. The van der Waals surface area contributed by atoms with Crippen molar-refractivity contribution >= 4 is 29.2 Å². The second-order valence-electron chi connectivity index (χ2n) is 20.0. The van der Waals surface area contributed by atoms with E-state index in [0.29, 0.717) is 56.4 Å². The molecule has 3 aliphatic heterocycles. The summed E-state index contributed by atoms with van der Waals surface area (Å²) in [6, 6.07) is -1.11. The van der Waals surface area contributed by atoms with Crippen molar-refractivity contribution < 1.29 is 57.9 Å². The van der Waals surface area contributed by atoms with Crippen LogP contribution in [0.15, 0.2) is 47.6 Å². The lowest BCUT2D eigenvalue weighted by molar-refractivity contribution is -0.265. The van der Waals surface area contributed by atoms with E-state index in [0.717, 1.165) is 24.8 Å². The summed E-state index contributed by atoms with van der Waals surface area (Å²) in [6.07, 6.45) is 13.6. The van der Waals surface area contributed by atoms with Crippen LogP contribution in [-0.2, 0) is 47.7 Å². The topological polar surface area (TPSA) is 175 Å². The number of methoxy groups -OCH3 is 3. The number of cyclic esters (lactones) is 1. The summed E-state index contributed by atoms with van der Waals surface area (Å²) in [5.41, 5.74) is 1.30. The number of rotatable bonds is 6. The molecule has 15 atom stereocenters. The van der Waals surface area contributed by atoms with Gasteiger partial charge in [0, 0.05) is 58.5 Å². The van der Waals surface area contributed by atoms with Gasteiger partial charge in [0.25, 0.3) is 11.7 Å². The maximum absolute atomic E-state index is 14.4. The number of ether oxygens (including phenoxy) is 5. The van der Waals surface area contributed by atoms with Gasteiger partial charge in [0.15, 0.2) is 5.78 Å². The fraction of sp³-hybridized carbons (Fsp3) is 0.750. The monoisotopic (exact) mass is 912 g/mol. The van der Waals surface area contributed by atoms with E-state index in [2.05, 4.69) is 6.92 Å². The molecule has 65 heavy (non-hydrogen) atoms. The first kappa shape index (κ1) is 54.3. The number of piperidine rings is 1. The molecular formula is C52H81NO12. The van der Waals surface area contributed by atoms with Gasteiger partial charge >= 0.3 is 5.97 Å². The fourth-order valence-electron chi connectivity index (χ4n) is 10.4. The number of nitrogens with zero attached hydrogens (tertiary/aromatic N) is 1. The van der Waals surface area contributed by atoms with Crippen LogP contribution in [0.4, 0.5) is 0 Å². The Hall–Kier alpha value is -3.33. The van der Waals surface area contributed by atoms with Crippen LogP contribution in [0.1, 0.15) is 132 Å². The summed E-state index contributed by atoms with van der Waals surface area (Å²) >= 11 is 0. The van der Waals surface area contributed by atoms with Gasteiger partial charge in [-0.05, 0) is 113 Å². The number of hydrogen-bond donors (Lipinski definition) is 2. The summed E-state index contributed by atoms with van der Waals surface area (Å²) in [6.45, 7) is 15.1. The van der Waals surface area contributed by atoms with E-state index in [1.807, 2.05) is 58.1 Å². The third-order valence-electron chi connectivity index (χ3n) is 14.8. The second kappa shape index (κ2) is 25.2. The van der Waals surface area contributed by atoms with Crippen LogP contribution >= 0.6 is 0 Å². The highest BCUT2D eigenvalue weighted by Gasteiger charge is 2.53. The van der Waals surface area contributed by atoms with Crippen molar-refractivity contribution in [3.8, 4) is 0 Å². The summed E-state index contributed by atoms with van der Waals surface area (Å²) in [5.74, 6) is -7.07. The van der Waals surface area contributed by atoms with Crippen molar-refractivity contribution in [2.24, 2.45) is 41.4 Å². The highest BCUT2D eigenvalue weighted by atomic mass is 16.6. The normalized spacial score (nSPS) is 39.1. The predicted molar refractivity (Wildman–Crippen MR) is 248 cm³/mol. The molecule has 1 saturated carbocycles. The zero-order valence-corrected chi connectivity index (χ0v) is 41.2. The zero-order valence-electron chi connectivity index (χ0n) is 41.2. The smallest absolute Gasteiger partial charge is 0.329 e. The number of carbonyl (C=O) groups is 5. The van der Waals surface area contributed by atoms with Gasteiger partial charge in [-0.2, -0.15) is 0 Å². The van der Waals surface area contributed by atoms with Crippen LogP contribution < -0.4 is 0 Å². The van der Waals surface area contributed by atoms with Gasteiger partial charge in [-0.3, -0.25) is 19.2 Å². The maximum atomic E-state index is 14.4. The van der Waals surface area contributed by atoms with Crippen molar-refractivity contribution in [1.29, 1.82) is 0 Å². The number of ketones is 3. The number of carbonyl (C=O) groups excluding carboxylic acids is 5. The summed E-state index contributed by atoms with van der Waals surface area (Å²) in [4.78, 5) is 71.9. The molecule has 2 N–H and O–H groups in total. The van der Waals surface area contributed by atoms with E-state index in [1.165, 1.54) is 12.0 Å². The van der Waals surface area contributed by atoms with Crippen LogP contribution in [0.3, 0.4) is 0 Å². The van der Waals surface area contributed by atoms with Crippen LogP contribution in [0.25, 0.3) is 0 Å². The molecule has 3 heterocycles. The number of aliphatic hydroxyl groups is 2. The van der Waals surface area contributed by atoms with Crippen LogP contribution in [-0.4, -0.2) is 121 Å². The highest BCUT2D eigenvalue weighted by molar-refractivity contribution is 6.39. The van der Waals surface area contributed by atoms with Gasteiger partial charge in [0.1, 0.15) is 30.1 Å². The molecule has 4 aliphatic rings. The number of fused-ring (bicyclic) bond motifs is 3. The van der Waals surface area contributed by atoms with E-state index in [1.54, 1.807) is 41.1 Å². The molecule has 13 heteroatoms. The van der Waals surface area contributed by atoms with Crippen molar-refractivity contribution in [3.05, 3.63) is 47.6 Å². The Kier molecular flexibility index (Phi) is 21.0. The minimum absolute atomic E-state index is 0.0304. The van der Waals surface area contributed by atoms with E-state index >= 15 is 0 Å². The van der Waals surface area contributed by atoms with E-state index in [-0.39, 0.29) is 54.8 Å². The third-order valence-corrected chi connectivity index (χ3v) is 14.8. The Labute approximate surface area is 388 Å². The molecule has 3 fully saturated rings. The van der Waals surface area contributed by atoms with Gasteiger partial charge in [0.2, 0.25) is 5.79 Å². The molecule has 0 aromatic heterocycles. The van der Waals surface area contributed by atoms with Crippen molar-refractivity contribution in [3.63, 3.8) is 0 Å². The van der Waals surface area contributed by atoms with Gasteiger partial charge in [-0.25, -0.2) is 4.79 Å². The summed E-state index contributed by atoms with van der Waals surface area (Å²) in [7, 11) is 4.70. The van der Waals surface area contributed by atoms with Crippen molar-refractivity contribution in [1.82, 2.24) is 4.90 Å².